The van der Waals surface area contributed by atoms with Gasteiger partial charge in [0.25, 0.3) is 0 Å². The summed E-state index contributed by atoms with van der Waals surface area (Å²) in [6.07, 6.45) is 3.06. The molecule has 2 nitrogen and oxygen atoms in total. The van der Waals surface area contributed by atoms with Crippen molar-refractivity contribution in [2.45, 2.75) is 26.2 Å². The third-order valence-corrected chi connectivity index (χ3v) is 6.31. The molecule has 0 spiro atoms. The first-order chi connectivity index (χ1) is 10.1. The lowest BCUT2D eigenvalue weighted by Gasteiger charge is -2.30. The second-order valence-electron chi connectivity index (χ2n) is 5.71. The van der Waals surface area contributed by atoms with E-state index in [0.29, 0.717) is 0 Å². The van der Waals surface area contributed by atoms with Gasteiger partial charge in [-0.3, -0.25) is 4.68 Å². The molecule has 1 aromatic heterocycles. The minimum absolute atomic E-state index is 0.167. The van der Waals surface area contributed by atoms with Crippen LogP contribution >= 0.6 is 31.9 Å². The number of nitrogens with zero attached hydrogens (tertiary/aromatic N) is 2. The molecule has 0 atom stereocenters. The molecule has 0 fully saturated rings. The first-order valence-corrected chi connectivity index (χ1v) is 9.54. The van der Waals surface area contributed by atoms with Gasteiger partial charge in [0.1, 0.15) is 0 Å². The van der Waals surface area contributed by atoms with E-state index >= 15 is 0 Å². The number of aryl methyl sites for hydroxylation is 2. The van der Waals surface area contributed by atoms with Gasteiger partial charge < -0.3 is 0 Å². The molecule has 2 aromatic rings. The second-order valence-corrected chi connectivity index (χ2v) is 6.83. The van der Waals surface area contributed by atoms with E-state index < -0.39 is 0 Å². The quantitative estimate of drug-likeness (QED) is 0.609. The summed E-state index contributed by atoms with van der Waals surface area (Å²) < 4.78 is 2.03. The summed E-state index contributed by atoms with van der Waals surface area (Å²) in [5.41, 5.74) is 4.03. The van der Waals surface area contributed by atoms with Gasteiger partial charge in [-0.25, -0.2) is 0 Å². The molecule has 2 rings (SSSR count). The third kappa shape index (κ3) is 4.19. The van der Waals surface area contributed by atoms with Crippen molar-refractivity contribution in [2.24, 2.45) is 12.5 Å². The number of hydrogen-bond donors (Lipinski definition) is 0. The molecular weight excluding hydrogens is 392 g/mol. The lowest BCUT2D eigenvalue weighted by molar-refractivity contribution is 0.374. The smallest absolute Gasteiger partial charge is 0.0624 e. The van der Waals surface area contributed by atoms with Gasteiger partial charge in [0.2, 0.25) is 0 Å². The Balaban J connectivity index is 2.23. The van der Waals surface area contributed by atoms with Gasteiger partial charge in [-0.1, -0.05) is 69.1 Å². The van der Waals surface area contributed by atoms with E-state index in [0.717, 1.165) is 29.9 Å². The Morgan fingerprint density at radius 3 is 2.29 bits per heavy atom. The molecule has 1 aromatic carbocycles. The minimum atomic E-state index is 0.167. The molecule has 21 heavy (non-hydrogen) atoms. The summed E-state index contributed by atoms with van der Waals surface area (Å²) in [7, 11) is 2.05. The van der Waals surface area contributed by atoms with Gasteiger partial charge in [0.05, 0.1) is 5.69 Å². The van der Waals surface area contributed by atoms with Crippen LogP contribution in [0.25, 0.3) is 0 Å². The van der Waals surface area contributed by atoms with Crippen LogP contribution in [0.5, 0.6) is 0 Å². The largest absolute Gasteiger partial charge is 0.272 e. The number of hydrogen-bond acceptors (Lipinski definition) is 1. The number of halogens is 2. The highest BCUT2D eigenvalue weighted by molar-refractivity contribution is 9.09. The summed E-state index contributed by atoms with van der Waals surface area (Å²) in [5, 5.41) is 6.51. The van der Waals surface area contributed by atoms with Gasteiger partial charge in [-0.2, -0.15) is 5.10 Å². The van der Waals surface area contributed by atoms with Crippen molar-refractivity contribution in [3.8, 4) is 0 Å². The van der Waals surface area contributed by atoms with Crippen LogP contribution < -0.4 is 0 Å². The zero-order chi connectivity index (χ0) is 15.3. The van der Waals surface area contributed by atoms with Gasteiger partial charge in [-0.05, 0) is 36.3 Å². The SMILES string of the molecule is CCc1cc(CC(CBr)(CBr)Cc2ccccc2)n(C)n1. The molecule has 0 unspecified atom stereocenters. The van der Waals surface area contributed by atoms with Crippen LogP contribution in [-0.2, 0) is 26.3 Å². The highest BCUT2D eigenvalue weighted by Gasteiger charge is 2.30. The molecule has 0 radical (unpaired) electrons. The molecule has 114 valence electrons. The lowest BCUT2D eigenvalue weighted by atomic mass is 9.81. The molecule has 0 saturated heterocycles. The molecule has 0 aliphatic heterocycles. The lowest BCUT2D eigenvalue weighted by Crippen LogP contribution is -2.31. The highest BCUT2D eigenvalue weighted by atomic mass is 79.9. The Morgan fingerprint density at radius 2 is 1.76 bits per heavy atom. The average Bonchev–Trinajstić information content (AvgIpc) is 2.87. The van der Waals surface area contributed by atoms with E-state index in [1.165, 1.54) is 17.0 Å². The van der Waals surface area contributed by atoms with Gasteiger partial charge in [-0.15, -0.1) is 0 Å². The second kappa shape index (κ2) is 7.59. The van der Waals surface area contributed by atoms with Crippen molar-refractivity contribution in [3.63, 3.8) is 0 Å². The van der Waals surface area contributed by atoms with Crippen molar-refractivity contribution in [1.29, 1.82) is 0 Å². The molecule has 0 aliphatic carbocycles. The molecule has 4 heteroatoms. The van der Waals surface area contributed by atoms with Gasteiger partial charge >= 0.3 is 0 Å². The Hall–Kier alpha value is -0.610. The molecular formula is C17H22Br2N2. The van der Waals surface area contributed by atoms with Crippen molar-refractivity contribution in [1.82, 2.24) is 9.78 Å². The van der Waals surface area contributed by atoms with Crippen molar-refractivity contribution >= 4 is 31.9 Å². The van der Waals surface area contributed by atoms with Crippen molar-refractivity contribution in [2.75, 3.05) is 10.7 Å². The van der Waals surface area contributed by atoms with Crippen LogP contribution in [0.4, 0.5) is 0 Å². The average molecular weight is 414 g/mol. The van der Waals surface area contributed by atoms with Crippen LogP contribution in [0.3, 0.4) is 0 Å². The van der Waals surface area contributed by atoms with Crippen LogP contribution in [0, 0.1) is 5.41 Å². The van der Waals surface area contributed by atoms with E-state index in [2.05, 4.69) is 80.3 Å². The molecule has 0 bridgehead atoms. The minimum Gasteiger partial charge on any atom is -0.272 e. The Kier molecular flexibility index (Phi) is 6.06. The molecule has 0 amide bonds. The van der Waals surface area contributed by atoms with Gasteiger partial charge in [0.15, 0.2) is 0 Å². The first kappa shape index (κ1) is 16.8. The maximum atomic E-state index is 4.57. The summed E-state index contributed by atoms with van der Waals surface area (Å²) in [5.74, 6) is 0. The Morgan fingerprint density at radius 1 is 1.10 bits per heavy atom. The zero-order valence-electron chi connectivity index (χ0n) is 12.6. The monoisotopic (exact) mass is 412 g/mol. The van der Waals surface area contributed by atoms with E-state index in [4.69, 9.17) is 0 Å². The van der Waals surface area contributed by atoms with E-state index in [9.17, 15) is 0 Å². The summed E-state index contributed by atoms with van der Waals surface area (Å²) in [6.45, 7) is 2.15. The normalized spacial score (nSPS) is 11.8. The number of alkyl halides is 2. The Labute approximate surface area is 144 Å². The number of rotatable bonds is 7. The summed E-state index contributed by atoms with van der Waals surface area (Å²) in [4.78, 5) is 0. The fourth-order valence-electron chi connectivity index (χ4n) is 2.61. The van der Waals surface area contributed by atoms with E-state index in [1.54, 1.807) is 0 Å². The predicted molar refractivity (Wildman–Crippen MR) is 96.5 cm³/mol. The Bertz CT molecular complexity index is 559. The van der Waals surface area contributed by atoms with E-state index in [1.807, 2.05) is 11.7 Å². The fraction of sp³-hybridized carbons (Fsp3) is 0.471. The maximum absolute atomic E-state index is 4.57. The predicted octanol–water partition coefficient (Wildman–Crippen LogP) is 4.54. The third-order valence-electron chi connectivity index (χ3n) is 3.93. The molecule has 0 aliphatic rings. The summed E-state index contributed by atoms with van der Waals surface area (Å²) >= 11 is 7.47. The van der Waals surface area contributed by atoms with E-state index in [-0.39, 0.29) is 5.41 Å². The maximum Gasteiger partial charge on any atom is 0.0624 e. The highest BCUT2D eigenvalue weighted by Crippen LogP contribution is 2.32. The fourth-order valence-corrected chi connectivity index (χ4v) is 4.33. The zero-order valence-corrected chi connectivity index (χ0v) is 15.8. The molecule has 0 N–H and O–H groups in total. The van der Waals surface area contributed by atoms with Crippen LogP contribution in [0.2, 0.25) is 0 Å². The molecule has 0 saturated carbocycles. The van der Waals surface area contributed by atoms with Crippen LogP contribution in [0.1, 0.15) is 23.9 Å². The molecule has 1 heterocycles. The van der Waals surface area contributed by atoms with Crippen molar-refractivity contribution in [3.05, 3.63) is 53.3 Å². The van der Waals surface area contributed by atoms with Gasteiger partial charge in [0, 0.05) is 23.4 Å². The van der Waals surface area contributed by atoms with Crippen LogP contribution in [-0.4, -0.2) is 20.4 Å². The first-order valence-electron chi connectivity index (χ1n) is 7.30. The topological polar surface area (TPSA) is 17.8 Å². The van der Waals surface area contributed by atoms with Crippen LogP contribution in [0.15, 0.2) is 36.4 Å². The number of aromatic nitrogens is 2. The van der Waals surface area contributed by atoms with Crippen molar-refractivity contribution < 1.29 is 0 Å². The standard InChI is InChI=1S/C17H22Br2N2/c1-3-15-9-16(21(2)20-15)11-17(12-18,13-19)10-14-7-5-4-6-8-14/h4-9H,3,10-13H2,1-2H3. The number of benzene rings is 1. The summed E-state index contributed by atoms with van der Waals surface area (Å²) in [6, 6.07) is 13.0.